The number of benzene rings is 1. The van der Waals surface area contributed by atoms with E-state index in [1.54, 1.807) is 25.1 Å². The van der Waals surface area contributed by atoms with Crippen LogP contribution in [0.4, 0.5) is 5.69 Å². The maximum absolute atomic E-state index is 12.2. The van der Waals surface area contributed by atoms with Gasteiger partial charge in [-0.25, -0.2) is 0 Å². The lowest BCUT2D eigenvalue weighted by molar-refractivity contribution is -0.125. The molecule has 2 aliphatic heterocycles. The van der Waals surface area contributed by atoms with Crippen LogP contribution >= 0.6 is 0 Å². The molecule has 7 nitrogen and oxygen atoms in total. The third-order valence-corrected chi connectivity index (χ3v) is 4.26. The van der Waals surface area contributed by atoms with E-state index in [4.69, 9.17) is 9.47 Å². The van der Waals surface area contributed by atoms with E-state index < -0.39 is 6.10 Å². The summed E-state index contributed by atoms with van der Waals surface area (Å²) in [7, 11) is 0. The number of hydrogen-bond donors (Lipinski definition) is 2. The third kappa shape index (κ3) is 3.68. The minimum absolute atomic E-state index is 0.0588. The van der Waals surface area contributed by atoms with E-state index in [0.717, 1.165) is 19.4 Å². The van der Waals surface area contributed by atoms with E-state index in [0.29, 0.717) is 23.5 Å². The van der Waals surface area contributed by atoms with Crippen molar-refractivity contribution in [3.05, 3.63) is 23.8 Å². The zero-order valence-electron chi connectivity index (χ0n) is 13.7. The SMILES string of the molecule is C[C@@H](O)c1ccc2c(c1)N(CC(=O)NC[C@H]1CCCO1)C(=O)CO2. The Morgan fingerprint density at radius 2 is 2.33 bits per heavy atom. The summed E-state index contributed by atoms with van der Waals surface area (Å²) in [6.45, 7) is 2.66. The maximum Gasteiger partial charge on any atom is 0.265 e. The van der Waals surface area contributed by atoms with Gasteiger partial charge in [-0.1, -0.05) is 6.07 Å². The number of amides is 2. The molecule has 24 heavy (non-hydrogen) atoms. The van der Waals surface area contributed by atoms with Crippen LogP contribution in [0.1, 0.15) is 31.4 Å². The van der Waals surface area contributed by atoms with Gasteiger partial charge in [-0.05, 0) is 37.5 Å². The summed E-state index contributed by atoms with van der Waals surface area (Å²) in [6.07, 6.45) is 1.35. The Hall–Kier alpha value is -2.12. The van der Waals surface area contributed by atoms with E-state index in [2.05, 4.69) is 5.32 Å². The molecule has 0 saturated carbocycles. The highest BCUT2D eigenvalue weighted by Gasteiger charge is 2.28. The summed E-state index contributed by atoms with van der Waals surface area (Å²) in [5.41, 5.74) is 1.17. The normalized spacial score (nSPS) is 21.2. The predicted molar refractivity (Wildman–Crippen MR) is 86.9 cm³/mol. The Balaban J connectivity index is 1.69. The van der Waals surface area contributed by atoms with Gasteiger partial charge < -0.3 is 19.9 Å². The summed E-state index contributed by atoms with van der Waals surface area (Å²) >= 11 is 0. The lowest BCUT2D eigenvalue weighted by atomic mass is 10.1. The Bertz CT molecular complexity index is 625. The van der Waals surface area contributed by atoms with E-state index in [1.807, 2.05) is 0 Å². The molecule has 0 aromatic heterocycles. The molecule has 2 amide bonds. The Labute approximate surface area is 140 Å². The number of nitrogens with one attached hydrogen (secondary N) is 1. The van der Waals surface area contributed by atoms with E-state index >= 15 is 0 Å². The lowest BCUT2D eigenvalue weighted by Gasteiger charge is -2.29. The van der Waals surface area contributed by atoms with Crippen LogP contribution in [-0.2, 0) is 14.3 Å². The lowest BCUT2D eigenvalue weighted by Crippen LogP contribution is -2.46. The van der Waals surface area contributed by atoms with Crippen molar-refractivity contribution in [1.29, 1.82) is 0 Å². The number of nitrogens with zero attached hydrogens (tertiary/aromatic N) is 1. The summed E-state index contributed by atoms with van der Waals surface area (Å²) < 4.78 is 10.9. The average Bonchev–Trinajstić information content (AvgIpc) is 3.08. The van der Waals surface area contributed by atoms with Gasteiger partial charge in [0.1, 0.15) is 12.3 Å². The van der Waals surface area contributed by atoms with Crippen LogP contribution in [0.25, 0.3) is 0 Å². The smallest absolute Gasteiger partial charge is 0.265 e. The van der Waals surface area contributed by atoms with Crippen LogP contribution < -0.4 is 15.0 Å². The number of ether oxygens (including phenoxy) is 2. The Morgan fingerprint density at radius 3 is 3.04 bits per heavy atom. The zero-order chi connectivity index (χ0) is 17.1. The quantitative estimate of drug-likeness (QED) is 0.830. The summed E-state index contributed by atoms with van der Waals surface area (Å²) in [4.78, 5) is 25.8. The zero-order valence-corrected chi connectivity index (χ0v) is 13.7. The Morgan fingerprint density at radius 1 is 1.50 bits per heavy atom. The molecule has 2 heterocycles. The fourth-order valence-corrected chi connectivity index (χ4v) is 2.88. The molecule has 1 aromatic rings. The minimum Gasteiger partial charge on any atom is -0.482 e. The van der Waals surface area contributed by atoms with Gasteiger partial charge in [0.2, 0.25) is 5.91 Å². The van der Waals surface area contributed by atoms with Crippen molar-refractivity contribution in [3.8, 4) is 5.75 Å². The van der Waals surface area contributed by atoms with Crippen LogP contribution in [0, 0.1) is 0 Å². The number of anilines is 1. The van der Waals surface area contributed by atoms with Gasteiger partial charge in [-0.2, -0.15) is 0 Å². The van der Waals surface area contributed by atoms with Crippen molar-refractivity contribution in [2.45, 2.75) is 32.0 Å². The number of aliphatic hydroxyl groups excluding tert-OH is 1. The first-order valence-electron chi connectivity index (χ1n) is 8.18. The number of fused-ring (bicyclic) bond motifs is 1. The maximum atomic E-state index is 12.2. The first kappa shape index (κ1) is 16.7. The van der Waals surface area contributed by atoms with Crippen molar-refractivity contribution in [2.75, 3.05) is 31.2 Å². The number of carbonyl (C=O) groups is 2. The molecule has 0 unspecified atom stereocenters. The summed E-state index contributed by atoms with van der Waals surface area (Å²) in [5, 5.41) is 12.5. The number of carbonyl (C=O) groups excluding carboxylic acids is 2. The first-order chi connectivity index (χ1) is 11.5. The fraction of sp³-hybridized carbons (Fsp3) is 0.529. The van der Waals surface area contributed by atoms with Crippen LogP contribution in [0.3, 0.4) is 0 Å². The molecule has 1 fully saturated rings. The minimum atomic E-state index is -0.664. The van der Waals surface area contributed by atoms with Crippen LogP contribution in [0.2, 0.25) is 0 Å². The number of aliphatic hydroxyl groups is 1. The molecule has 2 N–H and O–H groups in total. The van der Waals surface area contributed by atoms with Gasteiger partial charge in [0.25, 0.3) is 5.91 Å². The molecule has 2 aliphatic rings. The fourth-order valence-electron chi connectivity index (χ4n) is 2.88. The second kappa shape index (κ2) is 7.19. The highest BCUT2D eigenvalue weighted by molar-refractivity contribution is 6.02. The van der Waals surface area contributed by atoms with Crippen molar-refractivity contribution in [3.63, 3.8) is 0 Å². The molecule has 130 valence electrons. The van der Waals surface area contributed by atoms with Crippen molar-refractivity contribution in [1.82, 2.24) is 5.32 Å². The molecule has 1 aromatic carbocycles. The molecule has 0 bridgehead atoms. The van der Waals surface area contributed by atoms with Crippen LogP contribution in [0.5, 0.6) is 5.75 Å². The second-order valence-electron chi connectivity index (χ2n) is 6.11. The van der Waals surface area contributed by atoms with Crippen molar-refractivity contribution in [2.24, 2.45) is 0 Å². The first-order valence-corrected chi connectivity index (χ1v) is 8.18. The molecule has 7 heteroatoms. The van der Waals surface area contributed by atoms with Gasteiger partial charge in [-0.3, -0.25) is 14.5 Å². The van der Waals surface area contributed by atoms with E-state index in [1.165, 1.54) is 4.90 Å². The van der Waals surface area contributed by atoms with Crippen LogP contribution in [0.15, 0.2) is 18.2 Å². The van der Waals surface area contributed by atoms with Crippen LogP contribution in [-0.4, -0.2) is 49.3 Å². The Kier molecular flexibility index (Phi) is 5.01. The average molecular weight is 334 g/mol. The molecule has 2 atom stereocenters. The monoisotopic (exact) mass is 334 g/mol. The van der Waals surface area contributed by atoms with Gasteiger partial charge in [0.05, 0.1) is 17.9 Å². The standard InChI is InChI=1S/C17H22N2O5/c1-11(20)12-4-5-15-14(7-12)19(17(22)10-24-15)9-16(21)18-8-13-3-2-6-23-13/h4-5,7,11,13,20H,2-3,6,8-10H2,1H3,(H,18,21)/t11-,13-/m1/s1. The topological polar surface area (TPSA) is 88.1 Å². The molecule has 0 spiro atoms. The predicted octanol–water partition coefficient (Wildman–Crippen LogP) is 0.760. The molecular weight excluding hydrogens is 312 g/mol. The molecule has 3 rings (SSSR count). The highest BCUT2D eigenvalue weighted by Crippen LogP contribution is 2.34. The summed E-state index contributed by atoms with van der Waals surface area (Å²) in [5.74, 6) is 0.0117. The number of hydrogen-bond acceptors (Lipinski definition) is 5. The molecule has 0 radical (unpaired) electrons. The molecular formula is C17H22N2O5. The largest absolute Gasteiger partial charge is 0.482 e. The molecule has 1 saturated heterocycles. The van der Waals surface area contributed by atoms with Gasteiger partial charge in [-0.15, -0.1) is 0 Å². The van der Waals surface area contributed by atoms with E-state index in [9.17, 15) is 14.7 Å². The van der Waals surface area contributed by atoms with Crippen molar-refractivity contribution < 1.29 is 24.2 Å². The second-order valence-corrected chi connectivity index (χ2v) is 6.11. The highest BCUT2D eigenvalue weighted by atomic mass is 16.5. The van der Waals surface area contributed by atoms with Crippen molar-refractivity contribution >= 4 is 17.5 Å². The molecule has 0 aliphatic carbocycles. The van der Waals surface area contributed by atoms with E-state index in [-0.39, 0.29) is 31.1 Å². The summed E-state index contributed by atoms with van der Waals surface area (Å²) in [6, 6.07) is 5.14. The van der Waals surface area contributed by atoms with Gasteiger partial charge in [0, 0.05) is 13.2 Å². The van der Waals surface area contributed by atoms with Gasteiger partial charge >= 0.3 is 0 Å². The van der Waals surface area contributed by atoms with Gasteiger partial charge in [0.15, 0.2) is 6.61 Å². The third-order valence-electron chi connectivity index (χ3n) is 4.26. The number of rotatable bonds is 5.